The molecule has 1 aromatic rings. The van der Waals surface area contributed by atoms with Crippen molar-refractivity contribution in [3.05, 3.63) is 40.9 Å². The summed E-state index contributed by atoms with van der Waals surface area (Å²) in [5, 5.41) is 8.44. The van der Waals surface area contributed by atoms with Crippen LogP contribution in [0.2, 0.25) is 5.02 Å². The third-order valence-electron chi connectivity index (χ3n) is 1.66. The van der Waals surface area contributed by atoms with Crippen LogP contribution in [0.4, 0.5) is 8.78 Å². The number of halogens is 3. The van der Waals surface area contributed by atoms with Gasteiger partial charge in [0.1, 0.15) is 0 Å². The van der Waals surface area contributed by atoms with Crippen LogP contribution in [-0.2, 0) is 4.79 Å². The van der Waals surface area contributed by atoms with E-state index in [2.05, 4.69) is 0 Å². The van der Waals surface area contributed by atoms with Gasteiger partial charge in [0.25, 0.3) is 0 Å². The predicted octanol–water partition coefficient (Wildman–Crippen LogP) is 3.07. The molecule has 0 amide bonds. The summed E-state index contributed by atoms with van der Waals surface area (Å²) >= 11 is 5.69. The number of aliphatic carboxylic acids is 1. The van der Waals surface area contributed by atoms with Gasteiger partial charge in [0, 0.05) is 5.02 Å². The van der Waals surface area contributed by atoms with Crippen LogP contribution in [0.1, 0.15) is 5.56 Å². The Morgan fingerprint density at radius 2 is 2.00 bits per heavy atom. The first-order chi connectivity index (χ1) is 6.93. The van der Waals surface area contributed by atoms with Gasteiger partial charge in [-0.2, -0.15) is 8.78 Å². The first-order valence-electron chi connectivity index (χ1n) is 3.98. The molecule has 0 heterocycles. The van der Waals surface area contributed by atoms with Crippen LogP contribution in [0.3, 0.4) is 0 Å². The minimum Gasteiger partial charge on any atom is -0.477 e. The maximum absolute atomic E-state index is 12.6. The van der Waals surface area contributed by atoms with Gasteiger partial charge in [-0.1, -0.05) is 35.9 Å². The maximum Gasteiger partial charge on any atom is 0.378 e. The maximum atomic E-state index is 12.6. The number of carbonyl (C=O) groups is 1. The topological polar surface area (TPSA) is 37.3 Å². The second kappa shape index (κ2) is 4.40. The molecule has 0 aliphatic carbocycles. The first kappa shape index (κ1) is 11.7. The van der Waals surface area contributed by atoms with Gasteiger partial charge in [-0.05, 0) is 17.7 Å². The van der Waals surface area contributed by atoms with E-state index < -0.39 is 11.9 Å². The van der Waals surface area contributed by atoms with Gasteiger partial charge in [-0.3, -0.25) is 0 Å². The Bertz CT molecular complexity index is 402. The Morgan fingerprint density at radius 3 is 2.53 bits per heavy atom. The molecule has 1 rings (SSSR count). The molecule has 0 saturated heterocycles. The lowest BCUT2D eigenvalue weighted by Crippen LogP contribution is -2.24. The average molecular weight is 233 g/mol. The van der Waals surface area contributed by atoms with Crippen molar-refractivity contribution in [2.24, 2.45) is 0 Å². The summed E-state index contributed by atoms with van der Waals surface area (Å²) < 4.78 is 25.3. The fourth-order valence-electron chi connectivity index (χ4n) is 0.876. The zero-order chi connectivity index (χ0) is 11.5. The first-order valence-corrected chi connectivity index (χ1v) is 4.36. The second-order valence-corrected chi connectivity index (χ2v) is 3.19. The van der Waals surface area contributed by atoms with Crippen LogP contribution < -0.4 is 0 Å². The lowest BCUT2D eigenvalue weighted by Gasteiger charge is -2.04. The molecule has 0 unspecified atom stereocenters. The van der Waals surface area contributed by atoms with Crippen molar-refractivity contribution in [1.29, 1.82) is 0 Å². The van der Waals surface area contributed by atoms with E-state index in [0.717, 1.165) is 6.08 Å². The van der Waals surface area contributed by atoms with E-state index in [0.29, 0.717) is 11.6 Å². The molecule has 0 aliphatic heterocycles. The van der Waals surface area contributed by atoms with E-state index >= 15 is 0 Å². The van der Waals surface area contributed by atoms with Crippen molar-refractivity contribution in [3.63, 3.8) is 0 Å². The predicted molar refractivity (Wildman–Crippen MR) is 53.1 cm³/mol. The molecule has 0 bridgehead atoms. The number of hydrogen-bond acceptors (Lipinski definition) is 1. The van der Waals surface area contributed by atoms with Gasteiger partial charge >= 0.3 is 11.9 Å². The van der Waals surface area contributed by atoms with Crippen LogP contribution in [0.15, 0.2) is 30.3 Å². The van der Waals surface area contributed by atoms with E-state index in [1.54, 1.807) is 12.1 Å². The van der Waals surface area contributed by atoms with Gasteiger partial charge in [0.05, 0.1) is 0 Å². The van der Waals surface area contributed by atoms with Crippen LogP contribution in [0.5, 0.6) is 0 Å². The van der Waals surface area contributed by atoms with Crippen molar-refractivity contribution in [2.75, 3.05) is 0 Å². The number of hydrogen-bond donors (Lipinski definition) is 1. The molecule has 0 radical (unpaired) electrons. The Balaban J connectivity index is 2.92. The summed E-state index contributed by atoms with van der Waals surface area (Å²) in [6.45, 7) is 0. The average Bonchev–Trinajstić information content (AvgIpc) is 2.16. The number of carboxylic acid groups (broad SMARTS) is 1. The molecule has 5 heteroatoms. The van der Waals surface area contributed by atoms with E-state index in [1.165, 1.54) is 12.1 Å². The van der Waals surface area contributed by atoms with E-state index in [1.807, 2.05) is 0 Å². The quantitative estimate of drug-likeness (QED) is 0.870. The highest BCUT2D eigenvalue weighted by Crippen LogP contribution is 2.21. The number of rotatable bonds is 3. The molecule has 1 N–H and O–H groups in total. The van der Waals surface area contributed by atoms with Gasteiger partial charge in [0.2, 0.25) is 0 Å². The summed E-state index contributed by atoms with van der Waals surface area (Å²) in [6.07, 6.45) is 1.28. The highest BCUT2D eigenvalue weighted by atomic mass is 35.5. The highest BCUT2D eigenvalue weighted by molar-refractivity contribution is 6.32. The molecule has 2 nitrogen and oxygen atoms in total. The molecule has 0 spiro atoms. The van der Waals surface area contributed by atoms with Crippen molar-refractivity contribution in [1.82, 2.24) is 0 Å². The fraction of sp³-hybridized carbons (Fsp3) is 0.100. The standard InChI is InChI=1S/C10H7ClF2O2/c11-8-4-2-1-3-7(8)5-6-10(12,13)9(14)15/h1-6H,(H,14,15)/b6-5+. The summed E-state index contributed by atoms with van der Waals surface area (Å²) in [6, 6.07) is 6.30. The molecule has 0 aromatic heterocycles. The summed E-state index contributed by atoms with van der Waals surface area (Å²) in [5.74, 6) is -6.06. The van der Waals surface area contributed by atoms with Crippen molar-refractivity contribution >= 4 is 23.6 Å². The molecule has 0 fully saturated rings. The van der Waals surface area contributed by atoms with Crippen LogP contribution in [0, 0.1) is 0 Å². The molecular weight excluding hydrogens is 226 g/mol. The Morgan fingerprint density at radius 1 is 1.40 bits per heavy atom. The summed E-state index contributed by atoms with van der Waals surface area (Å²) in [4.78, 5) is 10.1. The summed E-state index contributed by atoms with van der Waals surface area (Å²) in [7, 11) is 0. The zero-order valence-corrected chi connectivity index (χ0v) is 8.21. The minimum atomic E-state index is -3.88. The third-order valence-corrected chi connectivity index (χ3v) is 2.01. The van der Waals surface area contributed by atoms with Crippen molar-refractivity contribution < 1.29 is 18.7 Å². The van der Waals surface area contributed by atoms with Gasteiger partial charge in [-0.15, -0.1) is 0 Å². The minimum absolute atomic E-state index is 0.287. The molecule has 1 aromatic carbocycles. The molecule has 0 aliphatic rings. The van der Waals surface area contributed by atoms with Crippen molar-refractivity contribution in [3.8, 4) is 0 Å². The zero-order valence-electron chi connectivity index (χ0n) is 7.45. The number of carboxylic acids is 1. The lowest BCUT2D eigenvalue weighted by atomic mass is 10.2. The molecular formula is C10H7ClF2O2. The van der Waals surface area contributed by atoms with Crippen LogP contribution in [-0.4, -0.2) is 17.0 Å². The second-order valence-electron chi connectivity index (χ2n) is 2.78. The molecule has 15 heavy (non-hydrogen) atoms. The monoisotopic (exact) mass is 232 g/mol. The van der Waals surface area contributed by atoms with Gasteiger partial charge < -0.3 is 5.11 Å². The van der Waals surface area contributed by atoms with Gasteiger partial charge in [-0.25, -0.2) is 4.79 Å². The third kappa shape index (κ3) is 3.02. The Labute approximate surface area is 89.8 Å². The number of alkyl halides is 2. The van der Waals surface area contributed by atoms with Crippen LogP contribution >= 0.6 is 11.6 Å². The van der Waals surface area contributed by atoms with Gasteiger partial charge in [0.15, 0.2) is 0 Å². The Kier molecular flexibility index (Phi) is 3.42. The smallest absolute Gasteiger partial charge is 0.378 e. The highest BCUT2D eigenvalue weighted by Gasteiger charge is 2.35. The number of benzene rings is 1. The fourth-order valence-corrected chi connectivity index (χ4v) is 1.07. The lowest BCUT2D eigenvalue weighted by molar-refractivity contribution is -0.157. The van der Waals surface area contributed by atoms with E-state index in [4.69, 9.17) is 16.7 Å². The largest absolute Gasteiger partial charge is 0.477 e. The van der Waals surface area contributed by atoms with E-state index in [9.17, 15) is 13.6 Å². The molecule has 80 valence electrons. The molecule has 0 saturated carbocycles. The Hall–Kier alpha value is -1.42. The van der Waals surface area contributed by atoms with Crippen LogP contribution in [0.25, 0.3) is 6.08 Å². The normalized spacial score (nSPS) is 11.9. The SMILES string of the molecule is O=C(O)C(F)(F)/C=C/c1ccccc1Cl. The molecule has 0 atom stereocenters. The van der Waals surface area contributed by atoms with Crippen molar-refractivity contribution in [2.45, 2.75) is 5.92 Å². The van der Waals surface area contributed by atoms with E-state index in [-0.39, 0.29) is 5.02 Å². The summed E-state index contributed by atoms with van der Waals surface area (Å²) in [5.41, 5.74) is 0.347.